The maximum Gasteiger partial charge on any atom is 0.250 e. The second kappa shape index (κ2) is 7.02. The lowest BCUT2D eigenvalue weighted by molar-refractivity contribution is -0.114. The van der Waals surface area contributed by atoms with E-state index < -0.39 is 0 Å². The van der Waals surface area contributed by atoms with Crippen molar-refractivity contribution in [2.75, 3.05) is 25.5 Å². The van der Waals surface area contributed by atoms with Crippen LogP contribution < -0.4 is 4.90 Å². The molecule has 0 aromatic heterocycles. The number of carbonyl (C=O) groups excluding carboxylic acids is 1. The normalized spacial score (nSPS) is 14.6. The standard InChI is InChI=1S/C19H20N2OS/c1-20(2)23-18-7-5-6-16(14-18)15-9-11-17(12-10-15)21-13-4-3-8-19(21)22/h3,5-12,14H,4,13H2,1-2H3. The molecule has 1 aliphatic heterocycles. The van der Waals surface area contributed by atoms with E-state index in [-0.39, 0.29) is 5.91 Å². The van der Waals surface area contributed by atoms with Crippen LogP contribution in [0.15, 0.2) is 65.6 Å². The van der Waals surface area contributed by atoms with Crippen LogP contribution in [-0.4, -0.2) is 30.9 Å². The van der Waals surface area contributed by atoms with Gasteiger partial charge in [0.1, 0.15) is 0 Å². The molecule has 0 aliphatic carbocycles. The smallest absolute Gasteiger partial charge is 0.250 e. The summed E-state index contributed by atoms with van der Waals surface area (Å²) in [5.74, 6) is 0.0633. The number of benzene rings is 2. The first kappa shape index (κ1) is 15.8. The van der Waals surface area contributed by atoms with Crippen LogP contribution in [0.25, 0.3) is 11.1 Å². The van der Waals surface area contributed by atoms with E-state index in [9.17, 15) is 4.79 Å². The Morgan fingerprint density at radius 3 is 2.52 bits per heavy atom. The minimum atomic E-state index is 0.0633. The van der Waals surface area contributed by atoms with E-state index in [0.29, 0.717) is 0 Å². The van der Waals surface area contributed by atoms with Crippen LogP contribution in [-0.2, 0) is 4.79 Å². The first-order valence-electron chi connectivity index (χ1n) is 7.67. The van der Waals surface area contributed by atoms with Crippen molar-refractivity contribution in [1.82, 2.24) is 4.31 Å². The highest BCUT2D eigenvalue weighted by Gasteiger charge is 2.15. The van der Waals surface area contributed by atoms with Crippen molar-refractivity contribution in [2.24, 2.45) is 0 Å². The van der Waals surface area contributed by atoms with Crippen molar-refractivity contribution in [3.05, 3.63) is 60.7 Å². The van der Waals surface area contributed by atoms with Crippen molar-refractivity contribution >= 4 is 23.5 Å². The predicted molar refractivity (Wildman–Crippen MR) is 97.5 cm³/mol. The summed E-state index contributed by atoms with van der Waals surface area (Å²) in [4.78, 5) is 15.0. The first-order chi connectivity index (χ1) is 11.1. The molecule has 1 aliphatic rings. The van der Waals surface area contributed by atoms with Gasteiger partial charge < -0.3 is 4.90 Å². The van der Waals surface area contributed by atoms with Gasteiger partial charge in [-0.3, -0.25) is 9.10 Å². The van der Waals surface area contributed by atoms with Crippen molar-refractivity contribution in [3.63, 3.8) is 0 Å². The molecule has 4 heteroatoms. The Bertz CT molecular complexity index is 722. The fourth-order valence-corrected chi connectivity index (χ4v) is 3.36. The minimum Gasteiger partial charge on any atom is -0.309 e. The summed E-state index contributed by atoms with van der Waals surface area (Å²) >= 11 is 1.71. The Morgan fingerprint density at radius 1 is 1.04 bits per heavy atom. The van der Waals surface area contributed by atoms with Crippen LogP contribution in [0.3, 0.4) is 0 Å². The molecule has 118 valence electrons. The van der Waals surface area contributed by atoms with Gasteiger partial charge in [-0.2, -0.15) is 0 Å². The van der Waals surface area contributed by atoms with Crippen molar-refractivity contribution in [2.45, 2.75) is 11.3 Å². The van der Waals surface area contributed by atoms with Crippen LogP contribution in [0.1, 0.15) is 6.42 Å². The molecule has 0 spiro atoms. The lowest BCUT2D eigenvalue weighted by Crippen LogP contribution is -2.32. The first-order valence-corrected chi connectivity index (χ1v) is 8.45. The number of hydrogen-bond donors (Lipinski definition) is 0. The summed E-state index contributed by atoms with van der Waals surface area (Å²) in [6, 6.07) is 16.7. The van der Waals surface area contributed by atoms with Gasteiger partial charge in [0.15, 0.2) is 0 Å². The number of amides is 1. The van der Waals surface area contributed by atoms with Gasteiger partial charge in [-0.15, -0.1) is 0 Å². The quantitative estimate of drug-likeness (QED) is 0.787. The van der Waals surface area contributed by atoms with Gasteiger partial charge in [-0.25, -0.2) is 0 Å². The molecule has 0 saturated heterocycles. The second-order valence-electron chi connectivity index (χ2n) is 5.66. The van der Waals surface area contributed by atoms with Crippen molar-refractivity contribution in [3.8, 4) is 11.1 Å². The molecule has 2 aromatic rings. The zero-order valence-corrected chi connectivity index (χ0v) is 14.2. The molecule has 3 nitrogen and oxygen atoms in total. The monoisotopic (exact) mass is 324 g/mol. The number of anilines is 1. The van der Waals surface area contributed by atoms with Gasteiger partial charge in [-0.05, 0) is 73.9 Å². The van der Waals surface area contributed by atoms with E-state index in [1.54, 1.807) is 18.0 Å². The molecular formula is C19H20N2OS. The Kier molecular flexibility index (Phi) is 4.84. The van der Waals surface area contributed by atoms with Gasteiger partial charge in [-0.1, -0.05) is 30.3 Å². The van der Waals surface area contributed by atoms with E-state index in [1.807, 2.05) is 37.2 Å². The Morgan fingerprint density at radius 2 is 1.83 bits per heavy atom. The third-order valence-corrected chi connectivity index (χ3v) is 4.51. The molecule has 0 radical (unpaired) electrons. The molecule has 3 rings (SSSR count). The van der Waals surface area contributed by atoms with Crippen LogP contribution in [0, 0.1) is 0 Å². The topological polar surface area (TPSA) is 23.6 Å². The third-order valence-electron chi connectivity index (χ3n) is 3.68. The largest absolute Gasteiger partial charge is 0.309 e. The average molecular weight is 324 g/mol. The van der Waals surface area contributed by atoms with Crippen LogP contribution in [0.5, 0.6) is 0 Å². The second-order valence-corrected chi connectivity index (χ2v) is 7.04. The van der Waals surface area contributed by atoms with Gasteiger partial charge >= 0.3 is 0 Å². The molecule has 0 N–H and O–H groups in total. The maximum absolute atomic E-state index is 11.9. The van der Waals surface area contributed by atoms with Gasteiger partial charge in [0, 0.05) is 17.1 Å². The number of rotatable bonds is 4. The van der Waals surface area contributed by atoms with Crippen LogP contribution in [0.2, 0.25) is 0 Å². The minimum absolute atomic E-state index is 0.0633. The van der Waals surface area contributed by atoms with E-state index in [0.717, 1.165) is 24.2 Å². The number of nitrogens with zero attached hydrogens (tertiary/aromatic N) is 2. The molecule has 0 bridgehead atoms. The highest BCUT2D eigenvalue weighted by atomic mass is 32.2. The molecule has 0 fully saturated rings. The molecule has 0 atom stereocenters. The molecule has 1 amide bonds. The van der Waals surface area contributed by atoms with E-state index in [4.69, 9.17) is 0 Å². The third kappa shape index (κ3) is 3.84. The SMILES string of the molecule is CN(C)Sc1cccc(-c2ccc(N3CCC=CC3=O)cc2)c1. The van der Waals surface area contributed by atoms with Gasteiger partial charge in [0.05, 0.1) is 0 Å². The number of carbonyl (C=O) groups is 1. The van der Waals surface area contributed by atoms with E-state index in [2.05, 4.69) is 40.7 Å². The fourth-order valence-electron chi connectivity index (χ4n) is 2.62. The highest BCUT2D eigenvalue weighted by Crippen LogP contribution is 2.28. The summed E-state index contributed by atoms with van der Waals surface area (Å²) in [6.07, 6.45) is 4.50. The molecule has 23 heavy (non-hydrogen) atoms. The lowest BCUT2D eigenvalue weighted by Gasteiger charge is -2.23. The zero-order chi connectivity index (χ0) is 16.2. The average Bonchev–Trinajstić information content (AvgIpc) is 2.55. The maximum atomic E-state index is 11.9. The Hall–Kier alpha value is -2.04. The predicted octanol–water partition coefficient (Wildman–Crippen LogP) is 4.22. The molecule has 0 saturated carbocycles. The molecule has 1 heterocycles. The Labute approximate surface area is 141 Å². The number of hydrogen-bond acceptors (Lipinski definition) is 3. The van der Waals surface area contributed by atoms with Crippen molar-refractivity contribution in [1.29, 1.82) is 0 Å². The summed E-state index contributed by atoms with van der Waals surface area (Å²) in [6.45, 7) is 0.754. The van der Waals surface area contributed by atoms with Gasteiger partial charge in [0.2, 0.25) is 0 Å². The fraction of sp³-hybridized carbons (Fsp3) is 0.211. The zero-order valence-electron chi connectivity index (χ0n) is 13.4. The van der Waals surface area contributed by atoms with Crippen LogP contribution in [0.4, 0.5) is 5.69 Å². The summed E-state index contributed by atoms with van der Waals surface area (Å²) in [5.41, 5.74) is 3.31. The molecule has 2 aromatic carbocycles. The summed E-state index contributed by atoms with van der Waals surface area (Å²) in [5, 5.41) is 0. The lowest BCUT2D eigenvalue weighted by atomic mass is 10.0. The van der Waals surface area contributed by atoms with Crippen LogP contribution >= 0.6 is 11.9 Å². The Balaban J connectivity index is 1.82. The summed E-state index contributed by atoms with van der Waals surface area (Å²) < 4.78 is 2.08. The van der Waals surface area contributed by atoms with E-state index in [1.165, 1.54) is 10.5 Å². The van der Waals surface area contributed by atoms with Crippen molar-refractivity contribution < 1.29 is 4.79 Å². The van der Waals surface area contributed by atoms with E-state index >= 15 is 0 Å². The highest BCUT2D eigenvalue weighted by molar-refractivity contribution is 7.97. The van der Waals surface area contributed by atoms with Gasteiger partial charge in [0.25, 0.3) is 5.91 Å². The molecule has 0 unspecified atom stereocenters. The molecular weight excluding hydrogens is 304 g/mol. The summed E-state index contributed by atoms with van der Waals surface area (Å²) in [7, 11) is 4.08.